The Morgan fingerprint density at radius 1 is 1.53 bits per heavy atom. The third-order valence-electron chi connectivity index (χ3n) is 3.36. The average Bonchev–Trinajstić information content (AvgIpc) is 2.56. The van der Waals surface area contributed by atoms with Crippen molar-refractivity contribution < 1.29 is 0 Å². The summed E-state index contributed by atoms with van der Waals surface area (Å²) >= 11 is 1.82. The summed E-state index contributed by atoms with van der Waals surface area (Å²) in [5, 5.41) is 6.98. The van der Waals surface area contributed by atoms with Gasteiger partial charge < -0.3 is 5.32 Å². The second-order valence-electron chi connectivity index (χ2n) is 4.69. The van der Waals surface area contributed by atoms with Crippen molar-refractivity contribution in [3.8, 4) is 0 Å². The Morgan fingerprint density at radius 3 is 2.80 bits per heavy atom. The van der Waals surface area contributed by atoms with Crippen LogP contribution in [0.4, 0.5) is 0 Å². The normalized spacial score (nSPS) is 18.8. The molecule has 0 radical (unpaired) electrons. The largest absolute Gasteiger partial charge is 0.316 e. The van der Waals surface area contributed by atoms with Gasteiger partial charge in [-0.05, 0) is 31.7 Å². The van der Waals surface area contributed by atoms with Crippen LogP contribution in [-0.2, 0) is 6.42 Å². The number of nitrogens with one attached hydrogen (secondary N) is 1. The number of thiazole rings is 1. The van der Waals surface area contributed by atoms with Gasteiger partial charge in [0, 0.05) is 24.0 Å². The summed E-state index contributed by atoms with van der Waals surface area (Å²) in [4.78, 5) is 4.58. The number of aryl methyl sites for hydroxylation is 1. The smallest absolute Gasteiger partial charge is 0.0934 e. The topological polar surface area (TPSA) is 24.9 Å². The molecule has 1 aromatic rings. The first-order valence-electron chi connectivity index (χ1n) is 5.86. The van der Waals surface area contributed by atoms with E-state index in [4.69, 9.17) is 0 Å². The summed E-state index contributed by atoms with van der Waals surface area (Å²) < 4.78 is 0. The van der Waals surface area contributed by atoms with E-state index >= 15 is 0 Å². The molecule has 0 bridgehead atoms. The molecule has 3 heteroatoms. The highest BCUT2D eigenvalue weighted by molar-refractivity contribution is 7.09. The standard InChI is InChI=1S/C12H20N2S/c1-3-13-9-12(5-4-6-12)7-11-14-10(2)8-15-11/h8,13H,3-7,9H2,1-2H3. The van der Waals surface area contributed by atoms with Gasteiger partial charge in [-0.2, -0.15) is 0 Å². The van der Waals surface area contributed by atoms with Crippen LogP contribution in [-0.4, -0.2) is 18.1 Å². The molecule has 2 nitrogen and oxygen atoms in total. The predicted octanol–water partition coefficient (Wildman–Crippen LogP) is 2.77. The fraction of sp³-hybridized carbons (Fsp3) is 0.750. The van der Waals surface area contributed by atoms with Crippen LogP contribution in [0.5, 0.6) is 0 Å². The molecule has 1 aliphatic carbocycles. The van der Waals surface area contributed by atoms with Gasteiger partial charge in [-0.25, -0.2) is 4.98 Å². The zero-order chi connectivity index (χ0) is 10.7. The van der Waals surface area contributed by atoms with Gasteiger partial charge in [0.15, 0.2) is 0 Å². The van der Waals surface area contributed by atoms with E-state index in [-0.39, 0.29) is 0 Å². The number of rotatable bonds is 5. The van der Waals surface area contributed by atoms with Gasteiger partial charge in [-0.1, -0.05) is 13.3 Å². The maximum absolute atomic E-state index is 4.58. The van der Waals surface area contributed by atoms with Crippen molar-refractivity contribution in [2.75, 3.05) is 13.1 Å². The third-order valence-corrected chi connectivity index (χ3v) is 4.32. The summed E-state index contributed by atoms with van der Waals surface area (Å²) in [6.45, 7) is 6.51. The second kappa shape index (κ2) is 4.62. The molecule has 15 heavy (non-hydrogen) atoms. The quantitative estimate of drug-likeness (QED) is 0.832. The molecular formula is C12H20N2S. The lowest BCUT2D eigenvalue weighted by molar-refractivity contribution is 0.131. The Kier molecular flexibility index (Phi) is 3.42. The first-order chi connectivity index (χ1) is 7.24. The van der Waals surface area contributed by atoms with Crippen LogP contribution in [0.25, 0.3) is 0 Å². The summed E-state index contributed by atoms with van der Waals surface area (Å²) in [6, 6.07) is 0. The van der Waals surface area contributed by atoms with Crippen LogP contribution in [0.15, 0.2) is 5.38 Å². The van der Waals surface area contributed by atoms with Crippen molar-refractivity contribution in [1.82, 2.24) is 10.3 Å². The molecule has 0 unspecified atom stereocenters. The Bertz CT molecular complexity index is 315. The van der Waals surface area contributed by atoms with E-state index in [1.807, 2.05) is 11.3 Å². The van der Waals surface area contributed by atoms with E-state index in [1.54, 1.807) is 0 Å². The van der Waals surface area contributed by atoms with Gasteiger partial charge >= 0.3 is 0 Å². The van der Waals surface area contributed by atoms with Crippen molar-refractivity contribution >= 4 is 11.3 Å². The molecule has 0 amide bonds. The monoisotopic (exact) mass is 224 g/mol. The summed E-state index contributed by atoms with van der Waals surface area (Å²) in [6.07, 6.45) is 5.32. The van der Waals surface area contributed by atoms with E-state index in [9.17, 15) is 0 Å². The van der Waals surface area contributed by atoms with Crippen LogP contribution in [0.2, 0.25) is 0 Å². The maximum atomic E-state index is 4.58. The Hall–Kier alpha value is -0.410. The van der Waals surface area contributed by atoms with Crippen molar-refractivity contribution in [2.45, 2.75) is 39.5 Å². The molecule has 0 atom stereocenters. The first-order valence-corrected chi connectivity index (χ1v) is 6.74. The van der Waals surface area contributed by atoms with Crippen LogP contribution < -0.4 is 5.32 Å². The second-order valence-corrected chi connectivity index (χ2v) is 5.64. The van der Waals surface area contributed by atoms with Crippen molar-refractivity contribution in [3.63, 3.8) is 0 Å². The molecule has 84 valence electrons. The molecule has 1 heterocycles. The van der Waals surface area contributed by atoms with Crippen LogP contribution >= 0.6 is 11.3 Å². The predicted molar refractivity (Wildman–Crippen MR) is 65.4 cm³/mol. The highest BCUT2D eigenvalue weighted by Gasteiger charge is 2.37. The molecule has 0 aliphatic heterocycles. The fourth-order valence-corrected chi connectivity index (χ4v) is 3.23. The first kappa shape index (κ1) is 11.1. The Balaban J connectivity index is 1.95. The zero-order valence-corrected chi connectivity index (χ0v) is 10.5. The summed E-state index contributed by atoms with van der Waals surface area (Å²) in [5.74, 6) is 0. The van der Waals surface area contributed by atoms with Crippen LogP contribution in [0, 0.1) is 12.3 Å². The molecular weight excluding hydrogens is 204 g/mol. The molecule has 1 aromatic heterocycles. The average molecular weight is 224 g/mol. The van der Waals surface area contributed by atoms with Crippen molar-refractivity contribution in [1.29, 1.82) is 0 Å². The van der Waals surface area contributed by atoms with E-state index in [0.29, 0.717) is 5.41 Å². The van der Waals surface area contributed by atoms with Gasteiger partial charge in [0.1, 0.15) is 0 Å². The van der Waals surface area contributed by atoms with E-state index in [2.05, 4.69) is 29.5 Å². The van der Waals surface area contributed by atoms with E-state index in [1.165, 1.54) is 42.9 Å². The number of aromatic nitrogens is 1. The molecule has 0 saturated heterocycles. The van der Waals surface area contributed by atoms with Gasteiger partial charge in [-0.3, -0.25) is 0 Å². The number of nitrogens with zero attached hydrogens (tertiary/aromatic N) is 1. The minimum atomic E-state index is 0.528. The van der Waals surface area contributed by atoms with Gasteiger partial charge in [0.05, 0.1) is 5.01 Å². The minimum absolute atomic E-state index is 0.528. The highest BCUT2D eigenvalue weighted by atomic mass is 32.1. The van der Waals surface area contributed by atoms with Crippen molar-refractivity contribution in [2.24, 2.45) is 5.41 Å². The zero-order valence-electron chi connectivity index (χ0n) is 9.68. The minimum Gasteiger partial charge on any atom is -0.316 e. The third kappa shape index (κ3) is 2.58. The highest BCUT2D eigenvalue weighted by Crippen LogP contribution is 2.43. The van der Waals surface area contributed by atoms with Crippen LogP contribution in [0.1, 0.15) is 36.9 Å². The van der Waals surface area contributed by atoms with Gasteiger partial charge in [-0.15, -0.1) is 11.3 Å². The molecule has 0 spiro atoms. The fourth-order valence-electron chi connectivity index (χ4n) is 2.29. The lowest BCUT2D eigenvalue weighted by atomic mass is 9.66. The van der Waals surface area contributed by atoms with E-state index in [0.717, 1.165) is 6.54 Å². The lowest BCUT2D eigenvalue weighted by Gasteiger charge is -2.41. The Morgan fingerprint density at radius 2 is 2.33 bits per heavy atom. The Labute approximate surface area is 96.1 Å². The molecule has 0 aromatic carbocycles. The van der Waals surface area contributed by atoms with E-state index < -0.39 is 0 Å². The summed E-state index contributed by atoms with van der Waals surface area (Å²) in [7, 11) is 0. The molecule has 1 N–H and O–H groups in total. The SMILES string of the molecule is CCNCC1(Cc2nc(C)cs2)CCC1. The number of hydrogen-bond donors (Lipinski definition) is 1. The molecule has 1 saturated carbocycles. The molecule has 1 aliphatic rings. The van der Waals surface area contributed by atoms with Crippen molar-refractivity contribution in [3.05, 3.63) is 16.1 Å². The molecule has 1 fully saturated rings. The van der Waals surface area contributed by atoms with Gasteiger partial charge in [0.25, 0.3) is 0 Å². The lowest BCUT2D eigenvalue weighted by Crippen LogP contribution is -2.41. The molecule has 2 rings (SSSR count). The maximum Gasteiger partial charge on any atom is 0.0934 e. The summed E-state index contributed by atoms with van der Waals surface area (Å²) in [5.41, 5.74) is 1.70. The van der Waals surface area contributed by atoms with Gasteiger partial charge in [0.2, 0.25) is 0 Å². The van der Waals surface area contributed by atoms with Crippen LogP contribution in [0.3, 0.4) is 0 Å². The number of hydrogen-bond acceptors (Lipinski definition) is 3.